The Balaban J connectivity index is 1.71. The Bertz CT molecular complexity index is 893. The van der Waals surface area contributed by atoms with Crippen LogP contribution in [0.5, 0.6) is 0 Å². The molecule has 2 N–H and O–H groups in total. The highest BCUT2D eigenvalue weighted by Crippen LogP contribution is 2.19. The molecular weight excluding hydrogens is 355 g/mol. The van der Waals surface area contributed by atoms with Gasteiger partial charge in [-0.15, -0.1) is 0 Å². The SMILES string of the molecule is O=C(NC1CCCC1)c1cccc(S(=O)(=O)NCc2ccccc2F)c1. The number of amides is 1. The zero-order chi connectivity index (χ0) is 18.6. The van der Waals surface area contributed by atoms with E-state index in [1.54, 1.807) is 18.2 Å². The number of halogens is 1. The number of nitrogens with one attached hydrogen (secondary N) is 2. The van der Waals surface area contributed by atoms with Crippen molar-refractivity contribution in [1.82, 2.24) is 10.0 Å². The minimum Gasteiger partial charge on any atom is -0.349 e. The van der Waals surface area contributed by atoms with Gasteiger partial charge in [0.05, 0.1) is 4.90 Å². The van der Waals surface area contributed by atoms with E-state index < -0.39 is 15.8 Å². The first-order chi connectivity index (χ1) is 12.5. The normalized spacial score (nSPS) is 15.1. The van der Waals surface area contributed by atoms with Gasteiger partial charge in [-0.2, -0.15) is 0 Å². The summed E-state index contributed by atoms with van der Waals surface area (Å²) in [4.78, 5) is 12.3. The quantitative estimate of drug-likeness (QED) is 0.814. The molecule has 26 heavy (non-hydrogen) atoms. The van der Waals surface area contributed by atoms with Crippen molar-refractivity contribution >= 4 is 15.9 Å². The lowest BCUT2D eigenvalue weighted by atomic mass is 10.2. The van der Waals surface area contributed by atoms with E-state index in [4.69, 9.17) is 0 Å². The van der Waals surface area contributed by atoms with Crippen LogP contribution in [0.15, 0.2) is 53.4 Å². The molecular formula is C19H21FN2O3S. The molecule has 1 aliphatic rings. The largest absolute Gasteiger partial charge is 0.349 e. The van der Waals surface area contributed by atoms with E-state index in [1.165, 1.54) is 30.3 Å². The summed E-state index contributed by atoms with van der Waals surface area (Å²) >= 11 is 0. The van der Waals surface area contributed by atoms with E-state index in [0.717, 1.165) is 25.7 Å². The number of carbonyl (C=O) groups excluding carboxylic acids is 1. The first-order valence-corrected chi connectivity index (χ1v) is 10.1. The zero-order valence-electron chi connectivity index (χ0n) is 14.2. The van der Waals surface area contributed by atoms with Crippen LogP contribution in [-0.2, 0) is 16.6 Å². The molecule has 3 rings (SSSR count). The Morgan fingerprint density at radius 1 is 1.08 bits per heavy atom. The topological polar surface area (TPSA) is 75.3 Å². The highest BCUT2D eigenvalue weighted by molar-refractivity contribution is 7.89. The third-order valence-corrected chi connectivity index (χ3v) is 5.91. The van der Waals surface area contributed by atoms with Crippen LogP contribution in [0.1, 0.15) is 41.6 Å². The number of carbonyl (C=O) groups is 1. The lowest BCUT2D eigenvalue weighted by Crippen LogP contribution is -2.32. The summed E-state index contributed by atoms with van der Waals surface area (Å²) in [5.74, 6) is -0.747. The lowest BCUT2D eigenvalue weighted by Gasteiger charge is -2.13. The molecule has 7 heteroatoms. The standard InChI is InChI=1S/C19H21FN2O3S/c20-18-11-4-1-6-15(18)13-21-26(24,25)17-10-5-7-14(12-17)19(23)22-16-8-2-3-9-16/h1,4-7,10-12,16,21H,2-3,8-9,13H2,(H,22,23). The number of hydrogen-bond donors (Lipinski definition) is 2. The predicted molar refractivity (Wildman–Crippen MR) is 96.6 cm³/mol. The van der Waals surface area contributed by atoms with Gasteiger partial charge in [0.1, 0.15) is 5.82 Å². The molecule has 1 saturated carbocycles. The van der Waals surface area contributed by atoms with E-state index in [0.29, 0.717) is 5.56 Å². The second-order valence-electron chi connectivity index (χ2n) is 6.40. The Hall–Kier alpha value is -2.25. The molecule has 0 atom stereocenters. The molecule has 1 aliphatic carbocycles. The maximum atomic E-state index is 13.6. The van der Waals surface area contributed by atoms with Crippen LogP contribution in [-0.4, -0.2) is 20.4 Å². The molecule has 2 aromatic carbocycles. The van der Waals surface area contributed by atoms with Gasteiger partial charge in [-0.3, -0.25) is 4.79 Å². The summed E-state index contributed by atoms with van der Waals surface area (Å²) in [6.07, 6.45) is 4.10. The van der Waals surface area contributed by atoms with Gasteiger partial charge < -0.3 is 5.32 Å². The molecule has 0 heterocycles. The van der Waals surface area contributed by atoms with Crippen LogP contribution < -0.4 is 10.0 Å². The van der Waals surface area contributed by atoms with Crippen LogP contribution in [0.4, 0.5) is 4.39 Å². The van der Waals surface area contributed by atoms with Crippen molar-refractivity contribution in [2.45, 2.75) is 43.2 Å². The van der Waals surface area contributed by atoms with Crippen molar-refractivity contribution in [3.63, 3.8) is 0 Å². The zero-order valence-corrected chi connectivity index (χ0v) is 15.1. The number of hydrogen-bond acceptors (Lipinski definition) is 3. The van der Waals surface area contributed by atoms with Gasteiger partial charge in [0.25, 0.3) is 5.91 Å². The molecule has 0 radical (unpaired) electrons. The van der Waals surface area contributed by atoms with Crippen LogP contribution in [0.3, 0.4) is 0 Å². The second kappa shape index (κ2) is 7.97. The summed E-state index contributed by atoms with van der Waals surface area (Å²) in [6, 6.07) is 12.0. The monoisotopic (exact) mass is 376 g/mol. The summed E-state index contributed by atoms with van der Waals surface area (Å²) in [6.45, 7) is -0.159. The average Bonchev–Trinajstić information content (AvgIpc) is 3.14. The third kappa shape index (κ3) is 4.47. The molecule has 138 valence electrons. The molecule has 2 aromatic rings. The Labute approximate surface area is 152 Å². The van der Waals surface area contributed by atoms with Gasteiger partial charge in [0.15, 0.2) is 0 Å². The van der Waals surface area contributed by atoms with Gasteiger partial charge in [0, 0.05) is 23.7 Å². The van der Waals surface area contributed by atoms with E-state index >= 15 is 0 Å². The summed E-state index contributed by atoms with van der Waals surface area (Å²) in [7, 11) is -3.86. The van der Waals surface area contributed by atoms with Gasteiger partial charge in [-0.05, 0) is 37.1 Å². The van der Waals surface area contributed by atoms with Crippen molar-refractivity contribution in [3.8, 4) is 0 Å². The predicted octanol–water partition coefficient (Wildman–Crippen LogP) is 2.98. The van der Waals surface area contributed by atoms with E-state index in [1.807, 2.05) is 0 Å². The van der Waals surface area contributed by atoms with Crippen molar-refractivity contribution in [3.05, 3.63) is 65.5 Å². The highest BCUT2D eigenvalue weighted by Gasteiger charge is 2.20. The molecule has 0 aliphatic heterocycles. The molecule has 0 spiro atoms. The van der Waals surface area contributed by atoms with E-state index in [9.17, 15) is 17.6 Å². The fourth-order valence-electron chi connectivity index (χ4n) is 3.04. The van der Waals surface area contributed by atoms with Crippen molar-refractivity contribution < 1.29 is 17.6 Å². The van der Waals surface area contributed by atoms with Gasteiger partial charge in [-0.25, -0.2) is 17.5 Å². The second-order valence-corrected chi connectivity index (χ2v) is 8.17. The Morgan fingerprint density at radius 3 is 2.54 bits per heavy atom. The molecule has 0 saturated heterocycles. The van der Waals surface area contributed by atoms with Crippen molar-refractivity contribution in [2.75, 3.05) is 0 Å². The molecule has 0 bridgehead atoms. The summed E-state index contributed by atoms with van der Waals surface area (Å²) in [5, 5.41) is 2.94. The maximum Gasteiger partial charge on any atom is 0.251 e. The average molecular weight is 376 g/mol. The van der Waals surface area contributed by atoms with Crippen molar-refractivity contribution in [2.24, 2.45) is 0 Å². The van der Waals surface area contributed by atoms with Crippen LogP contribution in [0.2, 0.25) is 0 Å². The fraction of sp³-hybridized carbons (Fsp3) is 0.316. The summed E-state index contributed by atoms with van der Waals surface area (Å²) < 4.78 is 41.0. The molecule has 0 unspecified atom stereocenters. The highest BCUT2D eigenvalue weighted by atomic mass is 32.2. The van der Waals surface area contributed by atoms with E-state index in [2.05, 4.69) is 10.0 Å². The first kappa shape index (κ1) is 18.5. The Kier molecular flexibility index (Phi) is 5.68. The fourth-order valence-corrected chi connectivity index (χ4v) is 4.09. The molecule has 0 aromatic heterocycles. The van der Waals surface area contributed by atoms with Crippen LogP contribution >= 0.6 is 0 Å². The van der Waals surface area contributed by atoms with Gasteiger partial charge in [-0.1, -0.05) is 37.1 Å². The number of benzene rings is 2. The molecule has 5 nitrogen and oxygen atoms in total. The van der Waals surface area contributed by atoms with E-state index in [-0.39, 0.29) is 29.0 Å². The van der Waals surface area contributed by atoms with Gasteiger partial charge >= 0.3 is 0 Å². The van der Waals surface area contributed by atoms with Crippen LogP contribution in [0.25, 0.3) is 0 Å². The summed E-state index contributed by atoms with van der Waals surface area (Å²) in [5.41, 5.74) is 0.553. The lowest BCUT2D eigenvalue weighted by molar-refractivity contribution is 0.0937. The number of rotatable bonds is 6. The first-order valence-electron chi connectivity index (χ1n) is 8.60. The molecule has 1 fully saturated rings. The van der Waals surface area contributed by atoms with Crippen LogP contribution in [0, 0.1) is 5.82 Å². The number of sulfonamides is 1. The van der Waals surface area contributed by atoms with Crippen molar-refractivity contribution in [1.29, 1.82) is 0 Å². The minimum atomic E-state index is -3.86. The maximum absolute atomic E-state index is 13.6. The van der Waals surface area contributed by atoms with Gasteiger partial charge in [0.2, 0.25) is 10.0 Å². The molecule has 1 amide bonds. The smallest absolute Gasteiger partial charge is 0.251 e. The Morgan fingerprint density at radius 2 is 1.81 bits per heavy atom. The third-order valence-electron chi connectivity index (χ3n) is 4.51. The minimum absolute atomic E-state index is 0.0205.